The molecule has 0 radical (unpaired) electrons. The van der Waals surface area contributed by atoms with E-state index in [0.29, 0.717) is 32.1 Å². The van der Waals surface area contributed by atoms with Crippen molar-refractivity contribution in [1.82, 2.24) is 0 Å². The maximum atomic E-state index is 15.4. The molecule has 5 aliphatic heterocycles. The Bertz CT molecular complexity index is 2310. The second-order valence-corrected chi connectivity index (χ2v) is 28.2. The number of carbonyl (C=O) groups excluding carboxylic acids is 1. The lowest BCUT2D eigenvalue weighted by atomic mass is 9.33. The zero-order valence-corrected chi connectivity index (χ0v) is 48.8. The van der Waals surface area contributed by atoms with E-state index in [-0.39, 0.29) is 46.0 Å². The van der Waals surface area contributed by atoms with Crippen LogP contribution in [0.3, 0.4) is 0 Å². The fourth-order valence-electron chi connectivity index (χ4n) is 17.4. The number of aliphatic hydroxyl groups excluding tert-OH is 14. The molecule has 476 valence electrons. The number of esters is 1. The van der Waals surface area contributed by atoms with Gasteiger partial charge in [0.1, 0.15) is 97.7 Å². The highest BCUT2D eigenvalue weighted by Gasteiger charge is 2.70. The first-order chi connectivity index (χ1) is 38.9. The summed E-state index contributed by atoms with van der Waals surface area (Å²) in [4.78, 5) is 15.4. The van der Waals surface area contributed by atoms with Gasteiger partial charge in [-0.25, -0.2) is 0 Å². The van der Waals surface area contributed by atoms with Gasteiger partial charge in [0.2, 0.25) is 6.29 Å². The molecule has 5 aliphatic carbocycles. The Morgan fingerprint density at radius 3 is 1.75 bits per heavy atom. The summed E-state index contributed by atoms with van der Waals surface area (Å²) in [5.41, 5.74) is -1.26. The molecule has 25 heteroatoms. The molecule has 0 aromatic heterocycles. The van der Waals surface area contributed by atoms with Gasteiger partial charge in [0.05, 0.1) is 44.1 Å². The highest BCUT2D eigenvalue weighted by atomic mass is 16.8. The SMILES string of the molecule is C[C@@H]1O[C@@H](O[C@H]2[C@H](OC(=O)[C@]34CCC(C)(C)C[C@H]3C3=CC[C@@H]5[C@@]6(C)CC[C@H](O[C@@H]7O[C@H](CO)[C@@H](O)[C@H](O)[C@H]7O[C@@H]7O[C@H](CO)[C@@H](O)[C@H](O)[C@H]7O)C(C)(C)[C@@H]6CC[C@@]5(C)[C@]3(C)CC4)OC[C@H](O)[C@@H]2O)[C@H](O)[C@H](O)[C@H]1O[C@@H]1OC[C@@H](O)[C@H](O)[C@H]1O. The van der Waals surface area contributed by atoms with Crippen molar-refractivity contribution in [2.24, 2.45) is 50.2 Å². The average molecular weight is 1190 g/mol. The molecule has 14 N–H and O–H groups in total. The Balaban J connectivity index is 0.860. The Labute approximate surface area is 483 Å². The van der Waals surface area contributed by atoms with Crippen LogP contribution >= 0.6 is 0 Å². The smallest absolute Gasteiger partial charge is 0.315 e. The van der Waals surface area contributed by atoms with Gasteiger partial charge in [0, 0.05) is 0 Å². The molecule has 5 heterocycles. The lowest BCUT2D eigenvalue weighted by molar-refractivity contribution is -0.378. The molecule has 0 unspecified atom stereocenters. The normalized spacial score (nSPS) is 54.2. The molecule has 0 aromatic carbocycles. The van der Waals surface area contributed by atoms with E-state index < -0.39 is 184 Å². The summed E-state index contributed by atoms with van der Waals surface area (Å²) >= 11 is 0. The van der Waals surface area contributed by atoms with Crippen LogP contribution in [0.4, 0.5) is 0 Å². The summed E-state index contributed by atoms with van der Waals surface area (Å²) in [5, 5.41) is 150. The summed E-state index contributed by atoms with van der Waals surface area (Å²) in [6.07, 6.45) is -27.2. The fraction of sp³-hybridized carbons (Fsp3) is 0.948. The highest BCUT2D eigenvalue weighted by Crippen LogP contribution is 2.76. The minimum absolute atomic E-state index is 0.103. The van der Waals surface area contributed by atoms with E-state index in [1.807, 2.05) is 0 Å². The van der Waals surface area contributed by atoms with Gasteiger partial charge in [-0.15, -0.1) is 0 Å². The topological polar surface area (TPSA) is 393 Å². The maximum Gasteiger partial charge on any atom is 0.315 e. The summed E-state index contributed by atoms with van der Waals surface area (Å²) in [6, 6.07) is 0. The van der Waals surface area contributed by atoms with Crippen LogP contribution in [0, 0.1) is 50.2 Å². The molecule has 83 heavy (non-hydrogen) atoms. The lowest BCUT2D eigenvalue weighted by Crippen LogP contribution is -2.67. The standard InChI is InChI=1S/C58H94O25/c1-24-44(80-47-41(70)34(63)27(61)22-74-47)40(69)43(72)48(76-24)81-45-35(64)28(62)23-75-50(45)83-52(73)58-17-15-53(2,3)19-26(58)25-9-10-32-55(6)13-12-33(54(4,5)31(55)11-14-57(32,8)56(25,7)16-18-58)79-51-46(39(68)37(66)30(21-60)78-51)82-49-42(71)38(67)36(65)29(20-59)77-49/h9,24,26-51,59-72H,10-23H2,1-8H3/t24-,26-,27+,28-,29+,30+,31-,32+,33-,34-,35-,36+,37+,38-,39-,40-,41+,42+,43+,44-,45+,46+,47-,48-,49-,50-,51-,55-,56+,57+,58-/m0/s1. The summed E-state index contributed by atoms with van der Waals surface area (Å²) in [7, 11) is 0. The van der Waals surface area contributed by atoms with Crippen molar-refractivity contribution in [2.45, 2.75) is 267 Å². The number of carbonyl (C=O) groups is 1. The van der Waals surface area contributed by atoms with Crippen molar-refractivity contribution in [1.29, 1.82) is 0 Å². The van der Waals surface area contributed by atoms with Crippen LogP contribution in [0.5, 0.6) is 0 Å². The van der Waals surface area contributed by atoms with Gasteiger partial charge in [0.15, 0.2) is 31.3 Å². The van der Waals surface area contributed by atoms with Crippen molar-refractivity contribution in [3.05, 3.63) is 11.6 Å². The van der Waals surface area contributed by atoms with Crippen molar-refractivity contribution in [3.8, 4) is 0 Å². The minimum Gasteiger partial charge on any atom is -0.432 e. The van der Waals surface area contributed by atoms with E-state index >= 15 is 4.79 Å². The van der Waals surface area contributed by atoms with Crippen LogP contribution in [-0.4, -0.2) is 251 Å². The number of hydrogen-bond acceptors (Lipinski definition) is 25. The zero-order valence-electron chi connectivity index (χ0n) is 48.8. The number of aliphatic hydroxyl groups is 14. The summed E-state index contributed by atoms with van der Waals surface area (Å²) in [6.45, 7) is 15.3. The molecule has 9 fully saturated rings. The maximum absolute atomic E-state index is 15.4. The average Bonchev–Trinajstić information content (AvgIpc) is 0.783. The molecule has 4 saturated carbocycles. The van der Waals surface area contributed by atoms with E-state index in [0.717, 1.165) is 32.1 Å². The van der Waals surface area contributed by atoms with Gasteiger partial charge in [-0.05, 0) is 116 Å². The summed E-state index contributed by atoms with van der Waals surface area (Å²) in [5.74, 6) is -0.478. The van der Waals surface area contributed by atoms with Gasteiger partial charge in [-0.3, -0.25) is 4.79 Å². The van der Waals surface area contributed by atoms with Crippen molar-refractivity contribution in [3.63, 3.8) is 0 Å². The largest absolute Gasteiger partial charge is 0.432 e. The predicted molar refractivity (Wildman–Crippen MR) is 282 cm³/mol. The third kappa shape index (κ3) is 10.8. The molecular weight excluding hydrogens is 1100 g/mol. The van der Waals surface area contributed by atoms with Crippen molar-refractivity contribution in [2.75, 3.05) is 26.4 Å². The van der Waals surface area contributed by atoms with Crippen LogP contribution in [0.1, 0.15) is 120 Å². The van der Waals surface area contributed by atoms with Crippen LogP contribution in [-0.2, 0) is 52.2 Å². The van der Waals surface area contributed by atoms with E-state index in [2.05, 4.69) is 54.5 Å². The first-order valence-corrected chi connectivity index (χ1v) is 30.0. The molecule has 25 nitrogen and oxygen atoms in total. The molecule has 10 rings (SSSR count). The second kappa shape index (κ2) is 23.6. The second-order valence-electron chi connectivity index (χ2n) is 28.2. The van der Waals surface area contributed by atoms with E-state index in [4.69, 9.17) is 47.4 Å². The van der Waals surface area contributed by atoms with Crippen molar-refractivity contribution >= 4 is 5.97 Å². The number of rotatable bonds is 12. The van der Waals surface area contributed by atoms with Crippen LogP contribution in [0.15, 0.2) is 11.6 Å². The molecular formula is C58H94O25. The highest BCUT2D eigenvalue weighted by molar-refractivity contribution is 5.79. The van der Waals surface area contributed by atoms with E-state index in [1.165, 1.54) is 12.5 Å². The zero-order chi connectivity index (χ0) is 60.4. The first kappa shape index (κ1) is 64.3. The van der Waals surface area contributed by atoms with E-state index in [9.17, 15) is 71.5 Å². The van der Waals surface area contributed by atoms with Gasteiger partial charge in [0.25, 0.3) is 0 Å². The van der Waals surface area contributed by atoms with E-state index in [1.54, 1.807) is 0 Å². The third-order valence-electron chi connectivity index (χ3n) is 22.7. The fourth-order valence-corrected chi connectivity index (χ4v) is 17.4. The van der Waals surface area contributed by atoms with Crippen molar-refractivity contribution < 1.29 is 124 Å². The summed E-state index contributed by atoms with van der Waals surface area (Å²) < 4.78 is 60.1. The number of fused-ring (bicyclic) bond motifs is 7. The minimum atomic E-state index is -1.85. The molecule has 0 bridgehead atoms. The molecule has 0 aromatic rings. The van der Waals surface area contributed by atoms with Crippen LogP contribution < -0.4 is 0 Å². The Morgan fingerprint density at radius 1 is 0.542 bits per heavy atom. The van der Waals surface area contributed by atoms with Crippen LogP contribution in [0.25, 0.3) is 0 Å². The molecule has 0 spiro atoms. The molecule has 10 aliphatic rings. The Morgan fingerprint density at radius 2 is 1.08 bits per heavy atom. The predicted octanol–water partition coefficient (Wildman–Crippen LogP) is -1.91. The number of allylic oxidation sites excluding steroid dienone is 2. The van der Waals surface area contributed by atoms with Gasteiger partial charge >= 0.3 is 5.97 Å². The Hall–Kier alpha value is -1.71. The number of hydrogen-bond donors (Lipinski definition) is 14. The van der Waals surface area contributed by atoms with Gasteiger partial charge < -0.3 is 119 Å². The van der Waals surface area contributed by atoms with Gasteiger partial charge in [-0.1, -0.05) is 60.1 Å². The molecule has 0 amide bonds. The first-order valence-electron chi connectivity index (χ1n) is 30.0. The lowest BCUT2D eigenvalue weighted by Gasteiger charge is -2.71. The Kier molecular flexibility index (Phi) is 18.3. The van der Waals surface area contributed by atoms with Crippen LogP contribution in [0.2, 0.25) is 0 Å². The quantitative estimate of drug-likeness (QED) is 0.0576. The van der Waals surface area contributed by atoms with Gasteiger partial charge in [-0.2, -0.15) is 0 Å². The molecule has 31 atom stereocenters. The molecule has 5 saturated heterocycles. The third-order valence-corrected chi connectivity index (χ3v) is 22.7. The number of ether oxygens (including phenoxy) is 10. The monoisotopic (exact) mass is 1190 g/mol.